The maximum Gasteiger partial charge on any atom is 0.0911 e. The molecule has 0 aromatic rings. The van der Waals surface area contributed by atoms with Gasteiger partial charge in [0.1, 0.15) is 0 Å². The van der Waals surface area contributed by atoms with Gasteiger partial charge in [-0.1, -0.05) is 0 Å². The van der Waals surface area contributed by atoms with Crippen molar-refractivity contribution in [2.45, 2.75) is 44.3 Å². The second-order valence-corrected chi connectivity index (χ2v) is 5.85. The molecule has 0 aromatic carbocycles. The molecule has 0 amide bonds. The summed E-state index contributed by atoms with van der Waals surface area (Å²) in [5.41, 5.74) is 5.88. The molecule has 4 nitrogen and oxygen atoms in total. The Labute approximate surface area is 96.6 Å². The number of nitrogens with zero attached hydrogens (tertiary/aromatic N) is 1. The maximum atomic E-state index is 7.43. The number of hydrogen-bond acceptors (Lipinski definition) is 3. The van der Waals surface area contributed by atoms with Gasteiger partial charge in [0.15, 0.2) is 0 Å². The monoisotopic (exact) mass is 223 g/mol. The van der Waals surface area contributed by atoms with E-state index in [-0.39, 0.29) is 0 Å². The van der Waals surface area contributed by atoms with E-state index in [1.54, 1.807) is 0 Å². The molecule has 3 fully saturated rings. The predicted molar refractivity (Wildman–Crippen MR) is 62.5 cm³/mol. The van der Waals surface area contributed by atoms with E-state index in [1.807, 2.05) is 0 Å². The fourth-order valence-corrected chi connectivity index (χ4v) is 3.27. The van der Waals surface area contributed by atoms with Crippen molar-refractivity contribution < 1.29 is 4.74 Å². The van der Waals surface area contributed by atoms with Gasteiger partial charge >= 0.3 is 0 Å². The first kappa shape index (κ1) is 10.5. The zero-order chi connectivity index (χ0) is 11.2. The molecule has 2 atom stereocenters. The molecule has 3 N–H and O–H groups in total. The molecule has 90 valence electrons. The highest BCUT2D eigenvalue weighted by atomic mass is 16.5. The zero-order valence-corrected chi connectivity index (χ0v) is 9.74. The Kier molecular flexibility index (Phi) is 2.44. The zero-order valence-electron chi connectivity index (χ0n) is 9.74. The van der Waals surface area contributed by atoms with Gasteiger partial charge in [-0.3, -0.25) is 10.3 Å². The highest BCUT2D eigenvalue weighted by Gasteiger charge is 2.46. The summed E-state index contributed by atoms with van der Waals surface area (Å²) in [7, 11) is 0. The number of ether oxygens (including phenoxy) is 1. The fraction of sp³-hybridized carbons (Fsp3) is 0.917. The summed E-state index contributed by atoms with van der Waals surface area (Å²) >= 11 is 0. The molecule has 0 aromatic heterocycles. The average molecular weight is 223 g/mol. The van der Waals surface area contributed by atoms with E-state index in [9.17, 15) is 0 Å². The van der Waals surface area contributed by atoms with Gasteiger partial charge in [-0.25, -0.2) is 0 Å². The van der Waals surface area contributed by atoms with Crippen LogP contribution in [0.3, 0.4) is 0 Å². The first-order chi connectivity index (χ1) is 7.65. The second kappa shape index (κ2) is 3.70. The maximum absolute atomic E-state index is 7.43. The van der Waals surface area contributed by atoms with Gasteiger partial charge in [-0.15, -0.1) is 0 Å². The lowest BCUT2D eigenvalue weighted by Crippen LogP contribution is -2.45. The Morgan fingerprint density at radius 1 is 1.31 bits per heavy atom. The number of morpholine rings is 1. The Balaban J connectivity index is 1.57. The van der Waals surface area contributed by atoms with E-state index in [4.69, 9.17) is 15.9 Å². The van der Waals surface area contributed by atoms with Crippen molar-refractivity contribution >= 4 is 5.84 Å². The normalized spacial score (nSPS) is 36.2. The summed E-state index contributed by atoms with van der Waals surface area (Å²) in [6.45, 7) is 3.31. The van der Waals surface area contributed by atoms with E-state index in [0.717, 1.165) is 26.1 Å². The van der Waals surface area contributed by atoms with Crippen molar-refractivity contribution in [3.8, 4) is 0 Å². The number of hydrogen-bond donors (Lipinski definition) is 2. The van der Waals surface area contributed by atoms with E-state index < -0.39 is 0 Å². The van der Waals surface area contributed by atoms with Gasteiger partial charge in [-0.05, 0) is 31.1 Å². The van der Waals surface area contributed by atoms with Crippen LogP contribution in [0.25, 0.3) is 0 Å². The SMILES string of the molecule is N=C(N)CC1(CN2CC3CCC(C2)O3)CC1. The minimum absolute atomic E-state index is 0.350. The smallest absolute Gasteiger partial charge is 0.0911 e. The van der Waals surface area contributed by atoms with Crippen LogP contribution in [-0.2, 0) is 4.74 Å². The van der Waals surface area contributed by atoms with Crippen LogP contribution in [0.5, 0.6) is 0 Å². The molecule has 2 aliphatic heterocycles. The summed E-state index contributed by atoms with van der Waals surface area (Å²) in [6, 6.07) is 0. The summed E-state index contributed by atoms with van der Waals surface area (Å²) in [5, 5.41) is 7.43. The average Bonchev–Trinajstić information content (AvgIpc) is 2.84. The van der Waals surface area contributed by atoms with Crippen LogP contribution in [0.15, 0.2) is 0 Å². The Morgan fingerprint density at radius 3 is 2.44 bits per heavy atom. The fourth-order valence-electron chi connectivity index (χ4n) is 3.27. The molecule has 1 saturated carbocycles. The van der Waals surface area contributed by atoms with Crippen molar-refractivity contribution in [1.29, 1.82) is 5.41 Å². The van der Waals surface area contributed by atoms with Gasteiger partial charge in [0.05, 0.1) is 18.0 Å². The third kappa shape index (κ3) is 2.09. The molecular weight excluding hydrogens is 202 g/mol. The van der Waals surface area contributed by atoms with Crippen molar-refractivity contribution in [2.75, 3.05) is 19.6 Å². The van der Waals surface area contributed by atoms with Crippen molar-refractivity contribution in [1.82, 2.24) is 4.90 Å². The van der Waals surface area contributed by atoms with Gasteiger partial charge < -0.3 is 10.5 Å². The molecule has 0 spiro atoms. The van der Waals surface area contributed by atoms with Crippen molar-refractivity contribution in [2.24, 2.45) is 11.1 Å². The largest absolute Gasteiger partial charge is 0.388 e. The standard InChI is InChI=1S/C12H21N3O/c13-11(14)5-12(3-4-12)8-15-6-9-1-2-10(7-15)16-9/h9-10H,1-8H2,(H3,13,14). The lowest BCUT2D eigenvalue weighted by Gasteiger charge is -2.34. The minimum Gasteiger partial charge on any atom is -0.388 e. The Morgan fingerprint density at radius 2 is 1.94 bits per heavy atom. The van der Waals surface area contributed by atoms with Crippen LogP contribution in [0.1, 0.15) is 32.1 Å². The van der Waals surface area contributed by atoms with Gasteiger partial charge in [0.2, 0.25) is 0 Å². The molecule has 2 saturated heterocycles. The minimum atomic E-state index is 0.350. The van der Waals surface area contributed by atoms with Crippen LogP contribution >= 0.6 is 0 Å². The van der Waals surface area contributed by atoms with Gasteiger partial charge in [0, 0.05) is 26.1 Å². The van der Waals surface area contributed by atoms with E-state index in [2.05, 4.69) is 4.90 Å². The Bertz CT molecular complexity index is 289. The third-order valence-electron chi connectivity index (χ3n) is 4.20. The number of nitrogens with one attached hydrogen (secondary N) is 1. The second-order valence-electron chi connectivity index (χ2n) is 5.85. The van der Waals surface area contributed by atoms with E-state index in [1.165, 1.54) is 25.7 Å². The summed E-state index contributed by atoms with van der Waals surface area (Å²) < 4.78 is 5.83. The lowest BCUT2D eigenvalue weighted by molar-refractivity contribution is -0.0436. The first-order valence-corrected chi connectivity index (χ1v) is 6.36. The highest BCUT2D eigenvalue weighted by Crippen LogP contribution is 2.49. The third-order valence-corrected chi connectivity index (χ3v) is 4.20. The molecule has 3 aliphatic rings. The summed E-state index contributed by atoms with van der Waals surface area (Å²) in [4.78, 5) is 2.54. The Hall–Kier alpha value is -0.610. The van der Waals surface area contributed by atoms with Crippen LogP contribution in [0.2, 0.25) is 0 Å². The number of rotatable bonds is 4. The number of fused-ring (bicyclic) bond motifs is 2. The molecule has 3 rings (SSSR count). The van der Waals surface area contributed by atoms with E-state index in [0.29, 0.717) is 23.5 Å². The molecule has 1 aliphatic carbocycles. The molecule has 16 heavy (non-hydrogen) atoms. The number of amidine groups is 1. The molecule has 4 heteroatoms. The van der Waals surface area contributed by atoms with Crippen molar-refractivity contribution in [3.63, 3.8) is 0 Å². The van der Waals surface area contributed by atoms with Crippen LogP contribution < -0.4 is 5.73 Å². The van der Waals surface area contributed by atoms with Crippen molar-refractivity contribution in [3.05, 3.63) is 0 Å². The van der Waals surface area contributed by atoms with E-state index >= 15 is 0 Å². The molecule has 0 radical (unpaired) electrons. The van der Waals surface area contributed by atoms with Gasteiger partial charge in [0.25, 0.3) is 0 Å². The molecule has 2 heterocycles. The van der Waals surface area contributed by atoms with Crippen LogP contribution in [0.4, 0.5) is 0 Å². The number of likely N-dealkylation sites (tertiary alicyclic amines) is 1. The highest BCUT2D eigenvalue weighted by molar-refractivity contribution is 5.78. The van der Waals surface area contributed by atoms with Gasteiger partial charge in [-0.2, -0.15) is 0 Å². The quantitative estimate of drug-likeness (QED) is 0.551. The lowest BCUT2D eigenvalue weighted by atomic mass is 10.0. The first-order valence-electron chi connectivity index (χ1n) is 6.36. The molecule has 2 unspecified atom stereocenters. The number of nitrogens with two attached hydrogens (primary N) is 1. The molecular formula is C12H21N3O. The van der Waals surface area contributed by atoms with Crippen LogP contribution in [-0.4, -0.2) is 42.6 Å². The predicted octanol–water partition coefficient (Wildman–Crippen LogP) is 0.956. The summed E-state index contributed by atoms with van der Waals surface area (Å²) in [6.07, 6.45) is 6.72. The topological polar surface area (TPSA) is 62.3 Å². The molecule has 2 bridgehead atoms. The van der Waals surface area contributed by atoms with Crippen LogP contribution in [0, 0.1) is 10.8 Å². The summed E-state index contributed by atoms with van der Waals surface area (Å²) in [5.74, 6) is 0.355.